The van der Waals surface area contributed by atoms with E-state index in [-0.39, 0.29) is 11.1 Å². The third kappa shape index (κ3) is 3.34. The minimum atomic E-state index is -0.432. The van der Waals surface area contributed by atoms with Crippen LogP contribution in [0.2, 0.25) is 5.15 Å². The zero-order chi connectivity index (χ0) is 11.4. The van der Waals surface area contributed by atoms with E-state index in [0.29, 0.717) is 16.6 Å². The molecule has 15 heavy (non-hydrogen) atoms. The van der Waals surface area contributed by atoms with Gasteiger partial charge in [-0.3, -0.25) is 0 Å². The fraction of sp³-hybridized carbons (Fsp3) is 0.556. The van der Waals surface area contributed by atoms with Crippen LogP contribution in [0.25, 0.3) is 0 Å². The number of rotatable bonds is 4. The lowest BCUT2D eigenvalue weighted by atomic mass is 10.1. The molecule has 1 unspecified atom stereocenters. The second kappa shape index (κ2) is 5.31. The molecule has 0 fully saturated rings. The zero-order valence-corrected chi connectivity index (χ0v) is 10.1. The molecule has 82 valence electrons. The first-order valence-electron chi connectivity index (χ1n) is 4.53. The summed E-state index contributed by atoms with van der Waals surface area (Å²) in [6, 6.07) is 1.95. The number of thiazole rings is 1. The van der Waals surface area contributed by atoms with Gasteiger partial charge in [-0.2, -0.15) is 5.26 Å². The first kappa shape index (κ1) is 12.2. The summed E-state index contributed by atoms with van der Waals surface area (Å²) in [5.74, 6) is 0.184. The lowest BCUT2D eigenvalue weighted by Gasteiger charge is -2.14. The van der Waals surface area contributed by atoms with Crippen LogP contribution in [-0.4, -0.2) is 22.7 Å². The Bertz CT molecular complexity index is 372. The zero-order valence-electron chi connectivity index (χ0n) is 8.49. The molecule has 0 bridgehead atoms. The SMILES string of the molecule is CC(C)C(O)CNc1nc(Cl)c(C#N)s1. The molecule has 1 aromatic rings. The highest BCUT2D eigenvalue weighted by Gasteiger charge is 2.12. The monoisotopic (exact) mass is 245 g/mol. The van der Waals surface area contributed by atoms with Gasteiger partial charge in [0.15, 0.2) is 10.3 Å². The maximum absolute atomic E-state index is 9.54. The summed E-state index contributed by atoms with van der Waals surface area (Å²) in [7, 11) is 0. The van der Waals surface area contributed by atoms with Crippen molar-refractivity contribution < 1.29 is 5.11 Å². The molecule has 2 N–H and O–H groups in total. The van der Waals surface area contributed by atoms with Crippen molar-refractivity contribution in [1.82, 2.24) is 4.98 Å². The molecule has 0 spiro atoms. The summed E-state index contributed by atoms with van der Waals surface area (Å²) < 4.78 is 0. The average Bonchev–Trinajstić information content (AvgIpc) is 2.55. The van der Waals surface area contributed by atoms with E-state index < -0.39 is 6.10 Å². The molecule has 0 aromatic carbocycles. The van der Waals surface area contributed by atoms with Crippen molar-refractivity contribution in [3.63, 3.8) is 0 Å². The standard InChI is InChI=1S/C9H12ClN3OS/c1-5(2)6(14)4-12-9-13-8(10)7(3-11)15-9/h5-6,14H,4H2,1-2H3,(H,12,13). The van der Waals surface area contributed by atoms with Crippen LogP contribution in [0.4, 0.5) is 5.13 Å². The molecule has 0 saturated carbocycles. The molecule has 1 aromatic heterocycles. The molecule has 0 amide bonds. The molecular weight excluding hydrogens is 234 g/mol. The number of halogens is 1. The molecule has 0 aliphatic carbocycles. The predicted molar refractivity (Wildman–Crippen MR) is 61.2 cm³/mol. The van der Waals surface area contributed by atoms with Gasteiger partial charge in [-0.25, -0.2) is 4.98 Å². The van der Waals surface area contributed by atoms with Crippen LogP contribution in [-0.2, 0) is 0 Å². The Labute approximate surface area is 97.5 Å². The Kier molecular flexibility index (Phi) is 4.33. The van der Waals surface area contributed by atoms with E-state index in [0.717, 1.165) is 0 Å². The van der Waals surface area contributed by atoms with Gasteiger partial charge in [0.1, 0.15) is 10.9 Å². The lowest BCUT2D eigenvalue weighted by molar-refractivity contribution is 0.138. The highest BCUT2D eigenvalue weighted by atomic mass is 35.5. The molecule has 1 atom stereocenters. The van der Waals surface area contributed by atoms with E-state index >= 15 is 0 Å². The van der Waals surface area contributed by atoms with Gasteiger partial charge in [-0.15, -0.1) is 0 Å². The number of aliphatic hydroxyl groups is 1. The van der Waals surface area contributed by atoms with Gasteiger partial charge in [-0.05, 0) is 5.92 Å². The van der Waals surface area contributed by atoms with Crippen LogP contribution >= 0.6 is 22.9 Å². The molecule has 0 aliphatic heterocycles. The number of nitriles is 1. The van der Waals surface area contributed by atoms with Crippen molar-refractivity contribution in [2.45, 2.75) is 20.0 Å². The number of nitrogens with zero attached hydrogens (tertiary/aromatic N) is 2. The summed E-state index contributed by atoms with van der Waals surface area (Å²) in [6.45, 7) is 4.27. The molecule has 6 heteroatoms. The van der Waals surface area contributed by atoms with E-state index in [9.17, 15) is 5.11 Å². The number of hydrogen-bond acceptors (Lipinski definition) is 5. The quantitative estimate of drug-likeness (QED) is 0.852. The van der Waals surface area contributed by atoms with E-state index in [1.165, 1.54) is 11.3 Å². The fourth-order valence-corrected chi connectivity index (χ4v) is 1.83. The van der Waals surface area contributed by atoms with Gasteiger partial charge < -0.3 is 10.4 Å². The van der Waals surface area contributed by atoms with Crippen LogP contribution in [0.15, 0.2) is 0 Å². The minimum Gasteiger partial charge on any atom is -0.391 e. The highest BCUT2D eigenvalue weighted by molar-refractivity contribution is 7.16. The van der Waals surface area contributed by atoms with Crippen molar-refractivity contribution in [2.24, 2.45) is 5.92 Å². The summed E-state index contributed by atoms with van der Waals surface area (Å²) in [5, 5.41) is 21.9. The van der Waals surface area contributed by atoms with E-state index in [2.05, 4.69) is 10.3 Å². The summed E-state index contributed by atoms with van der Waals surface area (Å²) in [4.78, 5) is 4.34. The van der Waals surface area contributed by atoms with Gasteiger partial charge in [0, 0.05) is 6.54 Å². The van der Waals surface area contributed by atoms with Crippen LogP contribution < -0.4 is 5.32 Å². The Hall–Kier alpha value is -0.830. The van der Waals surface area contributed by atoms with Crippen molar-refractivity contribution in [1.29, 1.82) is 5.26 Å². The van der Waals surface area contributed by atoms with E-state index in [4.69, 9.17) is 16.9 Å². The van der Waals surface area contributed by atoms with Crippen LogP contribution in [0.1, 0.15) is 18.7 Å². The first-order valence-corrected chi connectivity index (χ1v) is 5.72. The van der Waals surface area contributed by atoms with Gasteiger partial charge >= 0.3 is 0 Å². The van der Waals surface area contributed by atoms with Gasteiger partial charge in [0.25, 0.3) is 0 Å². The van der Waals surface area contributed by atoms with Gasteiger partial charge in [0.2, 0.25) is 0 Å². The van der Waals surface area contributed by atoms with Crippen molar-refractivity contribution in [3.8, 4) is 6.07 Å². The Balaban J connectivity index is 2.55. The number of anilines is 1. The molecule has 1 rings (SSSR count). The van der Waals surface area contributed by atoms with Crippen molar-refractivity contribution >= 4 is 28.1 Å². The van der Waals surface area contributed by atoms with Crippen molar-refractivity contribution in [2.75, 3.05) is 11.9 Å². The minimum absolute atomic E-state index is 0.184. The van der Waals surface area contributed by atoms with Gasteiger partial charge in [-0.1, -0.05) is 36.8 Å². The van der Waals surface area contributed by atoms with E-state index in [1.54, 1.807) is 0 Å². The fourth-order valence-electron chi connectivity index (χ4n) is 0.874. The molecule has 0 aliphatic rings. The van der Waals surface area contributed by atoms with Crippen LogP contribution in [0, 0.1) is 17.2 Å². The molecule has 1 heterocycles. The Morgan fingerprint density at radius 3 is 2.80 bits per heavy atom. The topological polar surface area (TPSA) is 68.9 Å². The maximum atomic E-state index is 9.54. The molecule has 4 nitrogen and oxygen atoms in total. The van der Waals surface area contributed by atoms with Crippen LogP contribution in [0.3, 0.4) is 0 Å². The number of nitrogens with one attached hydrogen (secondary N) is 1. The summed E-state index contributed by atoms with van der Waals surface area (Å²) >= 11 is 6.88. The van der Waals surface area contributed by atoms with Gasteiger partial charge in [0.05, 0.1) is 6.10 Å². The normalized spacial score (nSPS) is 12.5. The predicted octanol–water partition coefficient (Wildman–Crippen LogP) is 2.10. The van der Waals surface area contributed by atoms with Crippen molar-refractivity contribution in [3.05, 3.63) is 10.0 Å². The lowest BCUT2D eigenvalue weighted by Crippen LogP contribution is -2.24. The third-order valence-corrected chi connectivity index (χ3v) is 3.22. The first-order chi connectivity index (χ1) is 7.04. The number of aromatic nitrogens is 1. The molecule has 0 saturated heterocycles. The Morgan fingerprint density at radius 1 is 1.67 bits per heavy atom. The maximum Gasteiger partial charge on any atom is 0.185 e. The second-order valence-electron chi connectivity index (χ2n) is 3.44. The summed E-state index contributed by atoms with van der Waals surface area (Å²) in [5.41, 5.74) is 0. The number of hydrogen-bond donors (Lipinski definition) is 2. The number of aliphatic hydroxyl groups excluding tert-OH is 1. The van der Waals surface area contributed by atoms with E-state index in [1.807, 2.05) is 19.9 Å². The highest BCUT2D eigenvalue weighted by Crippen LogP contribution is 2.25. The largest absolute Gasteiger partial charge is 0.391 e. The summed E-state index contributed by atoms with van der Waals surface area (Å²) in [6.07, 6.45) is -0.432. The Morgan fingerprint density at radius 2 is 2.33 bits per heavy atom. The molecule has 0 radical (unpaired) electrons. The average molecular weight is 246 g/mol. The van der Waals surface area contributed by atoms with Crippen LogP contribution in [0.5, 0.6) is 0 Å². The smallest absolute Gasteiger partial charge is 0.185 e. The third-order valence-electron chi connectivity index (χ3n) is 1.92. The molecular formula is C9H12ClN3OS. The second-order valence-corrected chi connectivity index (χ2v) is 4.80.